The molecule has 4 nitrogen and oxygen atoms in total. The van der Waals surface area contributed by atoms with E-state index in [0.29, 0.717) is 24.7 Å². The van der Waals surface area contributed by atoms with Crippen LogP contribution in [0.25, 0.3) is 0 Å². The third-order valence-corrected chi connectivity index (χ3v) is 10.2. The zero-order valence-corrected chi connectivity index (χ0v) is 19.1. The summed E-state index contributed by atoms with van der Waals surface area (Å²) in [7, 11) is 0. The number of hydrogen-bond acceptors (Lipinski definition) is 3. The first kappa shape index (κ1) is 17.9. The Morgan fingerprint density at radius 2 is 1.80 bits per heavy atom. The lowest BCUT2D eigenvalue weighted by atomic mass is 9.41. The summed E-state index contributed by atoms with van der Waals surface area (Å²) in [5.74, 6) is -0.695. The molecule has 4 saturated carbocycles. The van der Waals surface area contributed by atoms with E-state index in [1.165, 1.54) is 0 Å². The van der Waals surface area contributed by atoms with Crippen LogP contribution in [0.15, 0.2) is 0 Å². The SMILES string of the molecule is [2H]C1([2H])C[C@]2(C)C3CC[C@@]4(C)C(CC[C@@H]4[C@H](C)CCC(=O)O)C3[C@H](O)[C@H](CC)[C@@H]2C([2H])([2H])[C@@H]1O. The standard InChI is InChI=1S/C26H44O4/c1-5-17-21-14-16(27)10-12-26(21,4)20-11-13-25(3)18(15(2)6-9-22(28)29)7-8-19(25)23(20)24(17)30/h15-21,23-24,27,30H,5-14H2,1-4H3,(H,28,29)/t15-,16-,17-,18-,19?,20?,21+,23?,24-,25-,26-/m1/s1/i10D2,14D2. The Labute approximate surface area is 188 Å². The Bertz CT molecular complexity index is 806. The van der Waals surface area contributed by atoms with E-state index in [0.717, 1.165) is 25.7 Å². The van der Waals surface area contributed by atoms with E-state index in [1.807, 2.05) is 13.8 Å². The van der Waals surface area contributed by atoms with Crippen LogP contribution < -0.4 is 0 Å². The summed E-state index contributed by atoms with van der Waals surface area (Å²) < 4.78 is 34.8. The van der Waals surface area contributed by atoms with Gasteiger partial charge in [0.15, 0.2) is 0 Å². The minimum Gasteiger partial charge on any atom is -0.481 e. The van der Waals surface area contributed by atoms with Crippen LogP contribution in [0.4, 0.5) is 0 Å². The van der Waals surface area contributed by atoms with E-state index >= 15 is 0 Å². The minimum atomic E-state index is -2.10. The number of aliphatic hydroxyl groups excluding tert-OH is 2. The molecule has 0 radical (unpaired) electrons. The average molecular weight is 425 g/mol. The Balaban J connectivity index is 1.71. The van der Waals surface area contributed by atoms with Gasteiger partial charge in [0.05, 0.1) is 12.2 Å². The van der Waals surface area contributed by atoms with Crippen LogP contribution in [0.1, 0.15) is 97.3 Å². The van der Waals surface area contributed by atoms with Crippen molar-refractivity contribution in [1.82, 2.24) is 0 Å². The Morgan fingerprint density at radius 1 is 1.10 bits per heavy atom. The Kier molecular flexibility index (Phi) is 4.81. The average Bonchev–Trinajstić information content (AvgIpc) is 3.09. The molecule has 0 saturated heterocycles. The van der Waals surface area contributed by atoms with Gasteiger partial charge in [-0.2, -0.15) is 0 Å². The molecule has 0 spiro atoms. The highest BCUT2D eigenvalue weighted by Gasteiger charge is 2.64. The number of fused-ring (bicyclic) bond motifs is 5. The molecule has 0 amide bonds. The van der Waals surface area contributed by atoms with Gasteiger partial charge in [-0.15, -0.1) is 0 Å². The molecule has 4 aliphatic carbocycles. The Morgan fingerprint density at radius 3 is 2.47 bits per heavy atom. The Hall–Kier alpha value is -0.610. The smallest absolute Gasteiger partial charge is 0.303 e. The fourth-order valence-electron chi connectivity index (χ4n) is 8.75. The van der Waals surface area contributed by atoms with E-state index in [2.05, 4.69) is 13.8 Å². The maximum Gasteiger partial charge on any atom is 0.303 e. The lowest BCUT2D eigenvalue weighted by molar-refractivity contribution is -0.203. The van der Waals surface area contributed by atoms with Crippen LogP contribution in [0, 0.1) is 52.3 Å². The summed E-state index contributed by atoms with van der Waals surface area (Å²) in [6.07, 6.45) is -1.15. The van der Waals surface area contributed by atoms with Crippen LogP contribution in [0.2, 0.25) is 0 Å². The van der Waals surface area contributed by atoms with Crippen molar-refractivity contribution in [2.45, 2.75) is 104 Å². The molecule has 3 unspecified atom stereocenters. The van der Waals surface area contributed by atoms with Gasteiger partial charge in [0.1, 0.15) is 0 Å². The zero-order chi connectivity index (χ0) is 25.4. The maximum atomic E-state index is 11.8. The highest BCUT2D eigenvalue weighted by Crippen LogP contribution is 2.69. The predicted octanol–water partition coefficient (Wildman–Crippen LogP) is 5.11. The number of rotatable bonds is 5. The van der Waals surface area contributed by atoms with Gasteiger partial charge >= 0.3 is 5.97 Å². The molecule has 11 atom stereocenters. The van der Waals surface area contributed by atoms with E-state index < -0.39 is 42.3 Å². The highest BCUT2D eigenvalue weighted by atomic mass is 16.4. The second-order valence-corrected chi connectivity index (χ2v) is 11.4. The molecule has 0 aromatic carbocycles. The molecule has 0 bridgehead atoms. The number of aliphatic carboxylic acids is 1. The van der Waals surface area contributed by atoms with Crippen molar-refractivity contribution < 1.29 is 25.6 Å². The second kappa shape index (κ2) is 8.06. The van der Waals surface area contributed by atoms with E-state index in [-0.39, 0.29) is 41.9 Å². The summed E-state index contributed by atoms with van der Waals surface area (Å²) in [6, 6.07) is 0. The number of carbonyl (C=O) groups is 1. The number of hydrogen-bond donors (Lipinski definition) is 3. The fourth-order valence-corrected chi connectivity index (χ4v) is 8.75. The van der Waals surface area contributed by atoms with Crippen LogP contribution in [-0.4, -0.2) is 33.5 Å². The van der Waals surface area contributed by atoms with Gasteiger partial charge in [-0.3, -0.25) is 4.79 Å². The summed E-state index contributed by atoms with van der Waals surface area (Å²) in [4.78, 5) is 11.2. The molecule has 0 aromatic rings. The maximum absolute atomic E-state index is 11.8. The summed E-state index contributed by atoms with van der Waals surface area (Å²) in [6.45, 7) is 8.51. The van der Waals surface area contributed by atoms with Gasteiger partial charge in [0, 0.05) is 11.9 Å². The highest BCUT2D eigenvalue weighted by molar-refractivity contribution is 5.66. The third-order valence-electron chi connectivity index (χ3n) is 10.2. The van der Waals surface area contributed by atoms with Crippen LogP contribution in [0.3, 0.4) is 0 Å². The number of carboxylic acids is 1. The van der Waals surface area contributed by atoms with Gasteiger partial charge in [-0.1, -0.05) is 34.1 Å². The van der Waals surface area contributed by atoms with Gasteiger partial charge < -0.3 is 15.3 Å². The van der Waals surface area contributed by atoms with E-state index in [4.69, 9.17) is 5.48 Å². The molecule has 0 aliphatic heterocycles. The fraction of sp³-hybridized carbons (Fsp3) is 0.962. The molecule has 0 heterocycles. The van der Waals surface area contributed by atoms with Crippen molar-refractivity contribution in [3.05, 3.63) is 0 Å². The normalized spacial score (nSPS) is 56.9. The van der Waals surface area contributed by atoms with Crippen molar-refractivity contribution in [3.8, 4) is 0 Å². The van der Waals surface area contributed by atoms with Gasteiger partial charge in [0.2, 0.25) is 0 Å². The van der Waals surface area contributed by atoms with Crippen LogP contribution >= 0.6 is 0 Å². The first-order valence-electron chi connectivity index (χ1n) is 14.2. The molecule has 4 heteroatoms. The largest absolute Gasteiger partial charge is 0.481 e. The summed E-state index contributed by atoms with van der Waals surface area (Å²) in [5, 5.41) is 31.7. The van der Waals surface area contributed by atoms with Crippen molar-refractivity contribution in [2.24, 2.45) is 52.3 Å². The summed E-state index contributed by atoms with van der Waals surface area (Å²) >= 11 is 0. The summed E-state index contributed by atoms with van der Waals surface area (Å²) in [5.41, 5.74) is -0.626. The lowest BCUT2D eigenvalue weighted by Gasteiger charge is -2.64. The minimum absolute atomic E-state index is 0.00771. The first-order chi connectivity index (χ1) is 15.6. The predicted molar refractivity (Wildman–Crippen MR) is 118 cm³/mol. The van der Waals surface area contributed by atoms with Crippen LogP contribution in [-0.2, 0) is 4.79 Å². The van der Waals surface area contributed by atoms with Crippen molar-refractivity contribution in [1.29, 1.82) is 0 Å². The van der Waals surface area contributed by atoms with Crippen LogP contribution in [0.5, 0.6) is 0 Å². The van der Waals surface area contributed by atoms with Crippen molar-refractivity contribution in [3.63, 3.8) is 0 Å². The number of carboxylic acid groups (broad SMARTS) is 1. The zero-order valence-electron chi connectivity index (χ0n) is 23.1. The molecule has 4 rings (SSSR count). The molecular formula is C26H44O4. The topological polar surface area (TPSA) is 77.8 Å². The van der Waals surface area contributed by atoms with Gasteiger partial charge in [-0.05, 0) is 104 Å². The second-order valence-electron chi connectivity index (χ2n) is 11.4. The molecule has 172 valence electrons. The monoisotopic (exact) mass is 424 g/mol. The van der Waals surface area contributed by atoms with Crippen molar-refractivity contribution in [2.75, 3.05) is 0 Å². The molecular weight excluding hydrogens is 376 g/mol. The molecule has 4 aliphatic rings. The molecule has 30 heavy (non-hydrogen) atoms. The quantitative estimate of drug-likeness (QED) is 0.573. The molecule has 0 aromatic heterocycles. The number of aliphatic hydroxyl groups is 2. The molecule has 3 N–H and O–H groups in total. The van der Waals surface area contributed by atoms with E-state index in [9.17, 15) is 20.1 Å². The van der Waals surface area contributed by atoms with Gasteiger partial charge in [-0.25, -0.2) is 0 Å². The lowest BCUT2D eigenvalue weighted by Crippen LogP contribution is -2.62. The van der Waals surface area contributed by atoms with Crippen molar-refractivity contribution >= 4 is 5.97 Å². The molecule has 4 fully saturated rings. The third kappa shape index (κ3) is 3.36. The van der Waals surface area contributed by atoms with E-state index in [1.54, 1.807) is 0 Å². The van der Waals surface area contributed by atoms with Gasteiger partial charge in [0.25, 0.3) is 0 Å². The first-order valence-corrected chi connectivity index (χ1v) is 12.2.